The normalized spacial score (nSPS) is 14.2. The first-order chi connectivity index (χ1) is 13.7. The summed E-state index contributed by atoms with van der Waals surface area (Å²) in [7, 11) is 2.96. The van der Waals surface area contributed by atoms with E-state index < -0.39 is 6.29 Å². The fraction of sp³-hybridized carbons (Fsp3) is 0.500. The maximum atomic E-state index is 11.6. The highest BCUT2D eigenvalue weighted by molar-refractivity contribution is 5.72. The lowest BCUT2D eigenvalue weighted by atomic mass is 10.1. The monoisotopic (exact) mass is 390 g/mol. The van der Waals surface area contributed by atoms with Gasteiger partial charge in [-0.05, 0) is 6.42 Å². The van der Waals surface area contributed by atoms with Crippen LogP contribution in [0.3, 0.4) is 0 Å². The van der Waals surface area contributed by atoms with Crippen LogP contribution in [0.15, 0.2) is 24.5 Å². The fourth-order valence-corrected chi connectivity index (χ4v) is 2.92. The third-order valence-electron chi connectivity index (χ3n) is 4.40. The predicted molar refractivity (Wildman–Crippen MR) is 101 cm³/mol. The summed E-state index contributed by atoms with van der Waals surface area (Å²) in [4.78, 5) is 11.6. The lowest BCUT2D eigenvalue weighted by Crippen LogP contribution is -2.11. The maximum absolute atomic E-state index is 11.6. The van der Waals surface area contributed by atoms with Gasteiger partial charge in [-0.2, -0.15) is 5.10 Å². The Labute approximate surface area is 164 Å². The average Bonchev–Trinajstić information content (AvgIpc) is 3.39. The van der Waals surface area contributed by atoms with E-state index in [0.717, 1.165) is 24.0 Å². The molecule has 0 atom stereocenters. The van der Waals surface area contributed by atoms with Crippen molar-refractivity contribution in [3.05, 3.63) is 35.7 Å². The Balaban J connectivity index is 2.02. The number of hydrogen-bond donors (Lipinski definition) is 0. The van der Waals surface area contributed by atoms with Crippen molar-refractivity contribution in [2.45, 2.75) is 32.5 Å². The molecule has 3 rings (SSSR count). The minimum atomic E-state index is -0.550. The molecule has 1 fully saturated rings. The van der Waals surface area contributed by atoms with Crippen LogP contribution in [0.2, 0.25) is 0 Å². The molecule has 0 radical (unpaired) electrons. The molecule has 1 aromatic heterocycles. The van der Waals surface area contributed by atoms with Gasteiger partial charge in [0.2, 0.25) is 0 Å². The summed E-state index contributed by atoms with van der Waals surface area (Å²) in [6.07, 6.45) is 4.97. The molecule has 8 nitrogen and oxygen atoms in total. The molecule has 0 bridgehead atoms. The molecule has 152 valence electrons. The van der Waals surface area contributed by atoms with E-state index in [1.807, 2.05) is 12.1 Å². The van der Waals surface area contributed by atoms with Gasteiger partial charge in [0.05, 0.1) is 57.9 Å². The Bertz CT molecular complexity index is 798. The van der Waals surface area contributed by atoms with Crippen molar-refractivity contribution in [1.29, 1.82) is 0 Å². The number of nitrogens with zero attached hydrogens (tertiary/aromatic N) is 2. The van der Waals surface area contributed by atoms with Crippen molar-refractivity contribution in [2.24, 2.45) is 0 Å². The van der Waals surface area contributed by atoms with Gasteiger partial charge >= 0.3 is 5.97 Å². The molecule has 0 amide bonds. The minimum Gasteiger partial charge on any atom is -0.497 e. The number of methoxy groups -OCH3 is 2. The van der Waals surface area contributed by atoms with E-state index in [2.05, 4.69) is 12.0 Å². The first-order valence-corrected chi connectivity index (χ1v) is 9.35. The molecular formula is C20H26N2O6. The molecule has 0 unspecified atom stereocenters. The Hall–Kier alpha value is -2.58. The van der Waals surface area contributed by atoms with Gasteiger partial charge in [0.1, 0.15) is 11.5 Å². The van der Waals surface area contributed by atoms with Crippen LogP contribution in [0.1, 0.15) is 37.2 Å². The van der Waals surface area contributed by atoms with E-state index >= 15 is 0 Å². The number of unbranched alkanes of at least 4 members (excludes halogenated alkanes) is 1. The van der Waals surface area contributed by atoms with Gasteiger partial charge in [-0.25, -0.2) is 4.68 Å². The van der Waals surface area contributed by atoms with E-state index in [-0.39, 0.29) is 12.4 Å². The lowest BCUT2D eigenvalue weighted by Gasteiger charge is -2.20. The second kappa shape index (κ2) is 9.57. The largest absolute Gasteiger partial charge is 0.497 e. The van der Waals surface area contributed by atoms with E-state index in [1.165, 1.54) is 7.11 Å². The molecule has 8 heteroatoms. The Morgan fingerprint density at radius 2 is 2.07 bits per heavy atom. The summed E-state index contributed by atoms with van der Waals surface area (Å²) in [5, 5.41) is 4.41. The number of carbonyl (C=O) groups excluding carboxylic acids is 1. The summed E-state index contributed by atoms with van der Waals surface area (Å²) in [6.45, 7) is 3.71. The van der Waals surface area contributed by atoms with Gasteiger partial charge in [-0.15, -0.1) is 0 Å². The minimum absolute atomic E-state index is 0.145. The molecule has 2 aromatic rings. The standard InChI is InChI=1S/C20H26N2O6/c1-4-5-6-26-17-11-15(24-2)10-16(19(17)20-27-7-8-28-20)22-13-14(12-21-22)9-18(23)25-3/h10-13,20H,4-9H2,1-3H3. The smallest absolute Gasteiger partial charge is 0.310 e. The molecule has 1 aliphatic rings. The van der Waals surface area contributed by atoms with Crippen LogP contribution >= 0.6 is 0 Å². The van der Waals surface area contributed by atoms with Crippen molar-refractivity contribution >= 4 is 5.97 Å². The van der Waals surface area contributed by atoms with Crippen molar-refractivity contribution < 1.29 is 28.5 Å². The number of hydrogen-bond acceptors (Lipinski definition) is 7. The predicted octanol–water partition coefficient (Wildman–Crippen LogP) is 2.82. The second-order valence-corrected chi connectivity index (χ2v) is 6.38. The zero-order chi connectivity index (χ0) is 19.9. The summed E-state index contributed by atoms with van der Waals surface area (Å²) in [5.41, 5.74) is 2.21. The number of ether oxygens (including phenoxy) is 5. The highest BCUT2D eigenvalue weighted by Crippen LogP contribution is 2.39. The summed E-state index contributed by atoms with van der Waals surface area (Å²) < 4.78 is 29.4. The zero-order valence-corrected chi connectivity index (χ0v) is 16.5. The van der Waals surface area contributed by atoms with Gasteiger partial charge < -0.3 is 23.7 Å². The van der Waals surface area contributed by atoms with Crippen LogP contribution < -0.4 is 9.47 Å². The molecule has 1 aliphatic heterocycles. The molecule has 0 saturated carbocycles. The second-order valence-electron chi connectivity index (χ2n) is 6.38. The van der Waals surface area contributed by atoms with Crippen molar-refractivity contribution in [2.75, 3.05) is 34.0 Å². The molecular weight excluding hydrogens is 364 g/mol. The topological polar surface area (TPSA) is 81.0 Å². The molecule has 2 heterocycles. The lowest BCUT2D eigenvalue weighted by molar-refractivity contribution is -0.139. The van der Waals surface area contributed by atoms with Crippen LogP contribution in [0.4, 0.5) is 0 Å². The highest BCUT2D eigenvalue weighted by Gasteiger charge is 2.28. The van der Waals surface area contributed by atoms with Gasteiger partial charge in [-0.1, -0.05) is 13.3 Å². The van der Waals surface area contributed by atoms with Gasteiger partial charge in [0.15, 0.2) is 6.29 Å². The van der Waals surface area contributed by atoms with Crippen LogP contribution in [0, 0.1) is 0 Å². The van der Waals surface area contributed by atoms with Gasteiger partial charge in [-0.3, -0.25) is 4.79 Å². The molecule has 1 aromatic carbocycles. The molecule has 0 spiro atoms. The quantitative estimate of drug-likeness (QED) is 0.481. The number of carbonyl (C=O) groups is 1. The molecule has 1 saturated heterocycles. The fourth-order valence-electron chi connectivity index (χ4n) is 2.92. The van der Waals surface area contributed by atoms with E-state index in [4.69, 9.17) is 23.7 Å². The number of benzene rings is 1. The van der Waals surface area contributed by atoms with Crippen molar-refractivity contribution in [3.63, 3.8) is 0 Å². The Morgan fingerprint density at radius 3 is 2.75 bits per heavy atom. The number of rotatable bonds is 9. The number of esters is 1. The third kappa shape index (κ3) is 4.63. The van der Waals surface area contributed by atoms with Crippen LogP contribution in [-0.4, -0.2) is 49.8 Å². The molecule has 0 N–H and O–H groups in total. The third-order valence-corrected chi connectivity index (χ3v) is 4.40. The van der Waals surface area contributed by atoms with Crippen LogP contribution in [0.25, 0.3) is 5.69 Å². The Morgan fingerprint density at radius 1 is 1.29 bits per heavy atom. The van der Waals surface area contributed by atoms with Crippen LogP contribution in [-0.2, 0) is 25.4 Å². The SMILES string of the molecule is CCCCOc1cc(OC)cc(-n2cc(CC(=O)OC)cn2)c1C1OCCO1. The molecule has 28 heavy (non-hydrogen) atoms. The number of aromatic nitrogens is 2. The van der Waals surface area contributed by atoms with E-state index in [9.17, 15) is 4.79 Å². The molecule has 0 aliphatic carbocycles. The van der Waals surface area contributed by atoms with E-state index in [0.29, 0.717) is 37.0 Å². The van der Waals surface area contributed by atoms with E-state index in [1.54, 1.807) is 24.2 Å². The first kappa shape index (κ1) is 20.2. The zero-order valence-electron chi connectivity index (χ0n) is 16.5. The van der Waals surface area contributed by atoms with Gasteiger partial charge in [0, 0.05) is 23.9 Å². The van der Waals surface area contributed by atoms with Crippen molar-refractivity contribution in [1.82, 2.24) is 9.78 Å². The summed E-state index contributed by atoms with van der Waals surface area (Å²) in [5.74, 6) is 0.949. The van der Waals surface area contributed by atoms with Crippen molar-refractivity contribution in [3.8, 4) is 17.2 Å². The summed E-state index contributed by atoms with van der Waals surface area (Å²) >= 11 is 0. The van der Waals surface area contributed by atoms with Gasteiger partial charge in [0.25, 0.3) is 0 Å². The summed E-state index contributed by atoms with van der Waals surface area (Å²) in [6, 6.07) is 3.68. The maximum Gasteiger partial charge on any atom is 0.310 e. The first-order valence-electron chi connectivity index (χ1n) is 9.35. The average molecular weight is 390 g/mol. The highest BCUT2D eigenvalue weighted by atomic mass is 16.7. The van der Waals surface area contributed by atoms with Crippen LogP contribution in [0.5, 0.6) is 11.5 Å². The Kier molecular flexibility index (Phi) is 6.89.